The third-order valence-electron chi connectivity index (χ3n) is 4.08. The lowest BCUT2D eigenvalue weighted by Gasteiger charge is -2.28. The van der Waals surface area contributed by atoms with Crippen LogP contribution in [0.5, 0.6) is 0 Å². The van der Waals surface area contributed by atoms with Crippen LogP contribution in [-0.2, 0) is 9.59 Å². The second-order valence-corrected chi connectivity index (χ2v) is 5.52. The molecule has 1 heterocycles. The second kappa shape index (κ2) is 8.27. The summed E-state index contributed by atoms with van der Waals surface area (Å²) in [6, 6.07) is -0.128. The molecule has 1 aliphatic heterocycles. The van der Waals surface area contributed by atoms with Gasteiger partial charge in [0.2, 0.25) is 11.8 Å². The summed E-state index contributed by atoms with van der Waals surface area (Å²) in [5.41, 5.74) is 5.39. The summed E-state index contributed by atoms with van der Waals surface area (Å²) in [7, 11) is 0. The molecule has 2 atom stereocenters. The van der Waals surface area contributed by atoms with Gasteiger partial charge in [-0.25, -0.2) is 0 Å². The van der Waals surface area contributed by atoms with Crippen molar-refractivity contribution in [3.63, 3.8) is 0 Å². The third-order valence-corrected chi connectivity index (χ3v) is 4.08. The SMILES string of the molecule is Cl.NC(=O)[C@@H]1CC=CC[C@H]1NC(=O)CC1CCNCC1. The monoisotopic (exact) mass is 301 g/mol. The summed E-state index contributed by atoms with van der Waals surface area (Å²) in [5, 5.41) is 6.28. The van der Waals surface area contributed by atoms with Crippen LogP contribution in [0.4, 0.5) is 0 Å². The van der Waals surface area contributed by atoms with E-state index in [9.17, 15) is 9.59 Å². The Hall–Kier alpha value is -1.07. The molecule has 0 saturated carbocycles. The second-order valence-electron chi connectivity index (χ2n) is 5.52. The summed E-state index contributed by atoms with van der Waals surface area (Å²) in [6.45, 7) is 1.99. The molecule has 0 spiro atoms. The fourth-order valence-corrected chi connectivity index (χ4v) is 2.90. The molecule has 1 aliphatic carbocycles. The van der Waals surface area contributed by atoms with Gasteiger partial charge in [0.25, 0.3) is 0 Å². The molecular formula is C14H24ClN3O2. The highest BCUT2D eigenvalue weighted by molar-refractivity contribution is 5.85. The molecule has 0 radical (unpaired) electrons. The van der Waals surface area contributed by atoms with E-state index in [-0.39, 0.29) is 36.2 Å². The normalized spacial score (nSPS) is 26.6. The highest BCUT2D eigenvalue weighted by Gasteiger charge is 2.29. The van der Waals surface area contributed by atoms with E-state index in [0.29, 0.717) is 25.2 Å². The van der Waals surface area contributed by atoms with Gasteiger partial charge in [-0.15, -0.1) is 12.4 Å². The van der Waals surface area contributed by atoms with Crippen LogP contribution in [0.2, 0.25) is 0 Å². The van der Waals surface area contributed by atoms with E-state index >= 15 is 0 Å². The van der Waals surface area contributed by atoms with Crippen molar-refractivity contribution in [1.82, 2.24) is 10.6 Å². The van der Waals surface area contributed by atoms with E-state index in [2.05, 4.69) is 10.6 Å². The Morgan fingerprint density at radius 3 is 2.50 bits per heavy atom. The molecule has 1 fully saturated rings. The summed E-state index contributed by atoms with van der Waals surface area (Å²) < 4.78 is 0. The first kappa shape index (κ1) is 17.0. The van der Waals surface area contributed by atoms with Crippen LogP contribution in [0.3, 0.4) is 0 Å². The van der Waals surface area contributed by atoms with Crippen molar-refractivity contribution in [3.05, 3.63) is 12.2 Å². The first-order chi connectivity index (χ1) is 9.16. The van der Waals surface area contributed by atoms with E-state index in [1.807, 2.05) is 12.2 Å². The van der Waals surface area contributed by atoms with E-state index in [4.69, 9.17) is 5.73 Å². The summed E-state index contributed by atoms with van der Waals surface area (Å²) in [4.78, 5) is 23.4. The van der Waals surface area contributed by atoms with Crippen LogP contribution >= 0.6 is 12.4 Å². The van der Waals surface area contributed by atoms with Crippen molar-refractivity contribution < 1.29 is 9.59 Å². The fourth-order valence-electron chi connectivity index (χ4n) is 2.90. The molecule has 20 heavy (non-hydrogen) atoms. The minimum Gasteiger partial charge on any atom is -0.369 e. The lowest BCUT2D eigenvalue weighted by molar-refractivity contribution is -0.125. The number of rotatable bonds is 4. The number of hydrogen-bond acceptors (Lipinski definition) is 3. The number of primary amides is 1. The lowest BCUT2D eigenvalue weighted by atomic mass is 9.87. The molecule has 0 bridgehead atoms. The number of nitrogens with one attached hydrogen (secondary N) is 2. The standard InChI is InChI=1S/C14H23N3O2.ClH/c15-14(19)11-3-1-2-4-12(11)17-13(18)9-10-5-7-16-8-6-10;/h1-2,10-12,16H,3-9H2,(H2,15,19)(H,17,18);1H/t11-,12-;/m1./s1. The Kier molecular flexibility index (Phi) is 7.02. The zero-order chi connectivity index (χ0) is 13.7. The number of allylic oxidation sites excluding steroid dienone is 1. The van der Waals surface area contributed by atoms with Crippen LogP contribution in [-0.4, -0.2) is 30.9 Å². The Balaban J connectivity index is 0.00000200. The van der Waals surface area contributed by atoms with Gasteiger partial charge in [0.1, 0.15) is 0 Å². The maximum Gasteiger partial charge on any atom is 0.222 e. The molecule has 4 N–H and O–H groups in total. The number of amides is 2. The van der Waals surface area contributed by atoms with Crippen LogP contribution < -0.4 is 16.4 Å². The molecular weight excluding hydrogens is 278 g/mol. The van der Waals surface area contributed by atoms with Gasteiger partial charge < -0.3 is 16.4 Å². The molecule has 5 nitrogen and oxygen atoms in total. The van der Waals surface area contributed by atoms with Crippen LogP contribution in [0.25, 0.3) is 0 Å². The quantitative estimate of drug-likeness (QED) is 0.670. The molecule has 6 heteroatoms. The molecule has 1 saturated heterocycles. The summed E-state index contributed by atoms with van der Waals surface area (Å²) >= 11 is 0. The van der Waals surface area contributed by atoms with Crippen LogP contribution in [0, 0.1) is 11.8 Å². The van der Waals surface area contributed by atoms with E-state index in [0.717, 1.165) is 25.9 Å². The highest BCUT2D eigenvalue weighted by Crippen LogP contribution is 2.20. The Morgan fingerprint density at radius 2 is 1.85 bits per heavy atom. The number of carbonyl (C=O) groups excluding carboxylic acids is 2. The average Bonchev–Trinajstić information content (AvgIpc) is 2.40. The van der Waals surface area contributed by atoms with E-state index in [1.54, 1.807) is 0 Å². The third kappa shape index (κ3) is 4.80. The molecule has 2 rings (SSSR count). The molecule has 0 unspecified atom stereocenters. The van der Waals surface area contributed by atoms with Gasteiger partial charge in [-0.05, 0) is 44.7 Å². The van der Waals surface area contributed by atoms with Gasteiger partial charge >= 0.3 is 0 Å². The Bertz CT molecular complexity index is 367. The molecule has 2 amide bonds. The molecule has 0 aromatic carbocycles. The predicted molar refractivity (Wildman–Crippen MR) is 80.4 cm³/mol. The molecule has 0 aromatic rings. The van der Waals surface area contributed by atoms with Crippen LogP contribution in [0.15, 0.2) is 12.2 Å². The lowest BCUT2D eigenvalue weighted by Crippen LogP contribution is -2.46. The van der Waals surface area contributed by atoms with Crippen molar-refractivity contribution in [1.29, 1.82) is 0 Å². The van der Waals surface area contributed by atoms with Crippen molar-refractivity contribution >= 4 is 24.2 Å². The van der Waals surface area contributed by atoms with Crippen LogP contribution in [0.1, 0.15) is 32.1 Å². The number of halogens is 1. The minimum atomic E-state index is -0.323. The maximum atomic E-state index is 12.0. The smallest absolute Gasteiger partial charge is 0.222 e. The fraction of sp³-hybridized carbons (Fsp3) is 0.714. The van der Waals surface area contributed by atoms with Gasteiger partial charge in [0.05, 0.1) is 5.92 Å². The van der Waals surface area contributed by atoms with Gasteiger partial charge in [0, 0.05) is 12.5 Å². The Morgan fingerprint density at radius 1 is 1.20 bits per heavy atom. The van der Waals surface area contributed by atoms with Crippen molar-refractivity contribution in [2.45, 2.75) is 38.1 Å². The first-order valence-corrected chi connectivity index (χ1v) is 7.11. The number of piperidine rings is 1. The average molecular weight is 302 g/mol. The summed E-state index contributed by atoms with van der Waals surface area (Å²) in [6.07, 6.45) is 7.97. The minimum absolute atomic E-state index is 0. The van der Waals surface area contributed by atoms with Crippen molar-refractivity contribution in [2.24, 2.45) is 17.6 Å². The Labute approximate surface area is 126 Å². The van der Waals surface area contributed by atoms with Gasteiger partial charge in [-0.2, -0.15) is 0 Å². The maximum absolute atomic E-state index is 12.0. The zero-order valence-corrected chi connectivity index (χ0v) is 12.5. The predicted octanol–water partition coefficient (Wildman–Crippen LogP) is 0.734. The zero-order valence-electron chi connectivity index (χ0n) is 11.6. The largest absolute Gasteiger partial charge is 0.369 e. The number of nitrogens with two attached hydrogens (primary N) is 1. The van der Waals surface area contributed by atoms with E-state index < -0.39 is 0 Å². The first-order valence-electron chi connectivity index (χ1n) is 7.11. The van der Waals surface area contributed by atoms with Gasteiger partial charge in [0.15, 0.2) is 0 Å². The molecule has 114 valence electrons. The summed E-state index contributed by atoms with van der Waals surface area (Å²) in [5.74, 6) is -0.0654. The van der Waals surface area contributed by atoms with Gasteiger partial charge in [-0.1, -0.05) is 12.2 Å². The van der Waals surface area contributed by atoms with Gasteiger partial charge in [-0.3, -0.25) is 9.59 Å². The molecule has 2 aliphatic rings. The highest BCUT2D eigenvalue weighted by atomic mass is 35.5. The van der Waals surface area contributed by atoms with Crippen molar-refractivity contribution in [3.8, 4) is 0 Å². The molecule has 0 aromatic heterocycles. The van der Waals surface area contributed by atoms with E-state index in [1.165, 1.54) is 0 Å². The number of hydrogen-bond donors (Lipinski definition) is 3. The number of carbonyl (C=O) groups is 2. The topological polar surface area (TPSA) is 84.2 Å². The van der Waals surface area contributed by atoms with Crippen molar-refractivity contribution in [2.75, 3.05) is 13.1 Å².